The summed E-state index contributed by atoms with van der Waals surface area (Å²) in [5.41, 5.74) is 0. The van der Waals surface area contributed by atoms with Crippen molar-refractivity contribution in [3.8, 4) is 0 Å². The lowest BCUT2D eigenvalue weighted by Crippen LogP contribution is -2.32. The van der Waals surface area contributed by atoms with E-state index in [9.17, 15) is 8.42 Å². The molecular weight excluding hydrogens is 342 g/mol. The summed E-state index contributed by atoms with van der Waals surface area (Å²) >= 11 is 0. The molecule has 0 unspecified atom stereocenters. The molecule has 0 spiro atoms. The molecule has 3 atom stereocenters. The highest BCUT2D eigenvalue weighted by atomic mass is 32.2. The number of anilines is 1. The van der Waals surface area contributed by atoms with E-state index in [2.05, 4.69) is 15.3 Å². The monoisotopic (exact) mass is 363 g/mol. The number of hydrogen-bond acceptors (Lipinski definition) is 6. The maximum atomic E-state index is 12.7. The summed E-state index contributed by atoms with van der Waals surface area (Å²) in [7, 11) is -1.80. The first-order chi connectivity index (χ1) is 12.0. The molecule has 2 aliphatic rings. The van der Waals surface area contributed by atoms with Gasteiger partial charge in [0.2, 0.25) is 0 Å². The molecular formula is C16H21N5O3S. The number of fused-ring (bicyclic) bond motifs is 1. The zero-order chi connectivity index (χ0) is 17.4. The Morgan fingerprint density at radius 1 is 1.32 bits per heavy atom. The molecule has 0 aliphatic carbocycles. The van der Waals surface area contributed by atoms with Crippen LogP contribution in [-0.4, -0.2) is 59.6 Å². The molecule has 4 heterocycles. The van der Waals surface area contributed by atoms with Crippen LogP contribution in [0.25, 0.3) is 0 Å². The molecule has 134 valence electrons. The fourth-order valence-corrected chi connectivity index (χ4v) is 4.98. The number of nitrogens with one attached hydrogen (secondary N) is 1. The normalized spacial score (nSPS) is 26.7. The molecule has 25 heavy (non-hydrogen) atoms. The number of imidazole rings is 1. The number of pyridine rings is 1. The van der Waals surface area contributed by atoms with Crippen LogP contribution in [0.4, 0.5) is 5.82 Å². The molecule has 2 aliphatic heterocycles. The number of aryl methyl sites for hydroxylation is 1. The van der Waals surface area contributed by atoms with Gasteiger partial charge >= 0.3 is 0 Å². The molecule has 0 amide bonds. The number of rotatable bonds is 5. The fourth-order valence-electron chi connectivity index (χ4n) is 3.53. The predicted molar refractivity (Wildman–Crippen MR) is 91.4 cm³/mol. The lowest BCUT2D eigenvalue weighted by molar-refractivity contribution is 0.104. The van der Waals surface area contributed by atoms with Crippen molar-refractivity contribution in [2.75, 3.05) is 31.6 Å². The first-order valence-electron chi connectivity index (χ1n) is 8.28. The summed E-state index contributed by atoms with van der Waals surface area (Å²) in [4.78, 5) is 8.25. The highest BCUT2D eigenvalue weighted by Gasteiger charge is 2.47. The van der Waals surface area contributed by atoms with E-state index in [1.807, 2.05) is 18.2 Å². The quantitative estimate of drug-likeness (QED) is 0.835. The van der Waals surface area contributed by atoms with E-state index >= 15 is 0 Å². The molecule has 2 aromatic heterocycles. The van der Waals surface area contributed by atoms with E-state index in [1.165, 1.54) is 16.8 Å². The SMILES string of the molecule is Cn1cnc(S(=O)(=O)N2C[C@H]3[C@@H](CNc4ccccn4)CO[C@H]3C2)c1. The summed E-state index contributed by atoms with van der Waals surface area (Å²) < 4.78 is 34.5. The van der Waals surface area contributed by atoms with Crippen LogP contribution < -0.4 is 5.32 Å². The second kappa shape index (κ2) is 6.40. The molecule has 0 radical (unpaired) electrons. The van der Waals surface area contributed by atoms with Crippen molar-refractivity contribution in [3.63, 3.8) is 0 Å². The topological polar surface area (TPSA) is 89.4 Å². The van der Waals surface area contributed by atoms with Crippen molar-refractivity contribution in [1.29, 1.82) is 0 Å². The van der Waals surface area contributed by atoms with Gasteiger partial charge in [0.25, 0.3) is 10.0 Å². The Morgan fingerprint density at radius 3 is 2.92 bits per heavy atom. The average Bonchev–Trinajstić information content (AvgIpc) is 3.30. The van der Waals surface area contributed by atoms with Gasteiger partial charge < -0.3 is 14.6 Å². The summed E-state index contributed by atoms with van der Waals surface area (Å²) in [5.74, 6) is 1.27. The van der Waals surface area contributed by atoms with Crippen molar-refractivity contribution >= 4 is 15.8 Å². The molecule has 2 aromatic rings. The summed E-state index contributed by atoms with van der Waals surface area (Å²) in [5, 5.41) is 3.41. The van der Waals surface area contributed by atoms with E-state index < -0.39 is 10.0 Å². The Hall–Kier alpha value is -1.97. The second-order valence-electron chi connectivity index (χ2n) is 6.59. The predicted octanol–water partition coefficient (Wildman–Crippen LogP) is 0.563. The van der Waals surface area contributed by atoms with Gasteiger partial charge in [-0.15, -0.1) is 0 Å². The van der Waals surface area contributed by atoms with Crippen molar-refractivity contribution < 1.29 is 13.2 Å². The lowest BCUT2D eigenvalue weighted by Gasteiger charge is -2.19. The minimum atomic E-state index is -3.56. The van der Waals surface area contributed by atoms with E-state index in [0.717, 1.165) is 12.4 Å². The van der Waals surface area contributed by atoms with Gasteiger partial charge in [-0.25, -0.2) is 18.4 Å². The highest BCUT2D eigenvalue weighted by molar-refractivity contribution is 7.89. The summed E-state index contributed by atoms with van der Waals surface area (Å²) in [6.07, 6.45) is 4.73. The van der Waals surface area contributed by atoms with Gasteiger partial charge in [-0.1, -0.05) is 6.07 Å². The van der Waals surface area contributed by atoms with Gasteiger partial charge in [0.05, 0.1) is 19.0 Å². The maximum absolute atomic E-state index is 12.7. The van der Waals surface area contributed by atoms with Gasteiger partial charge in [0.1, 0.15) is 5.82 Å². The van der Waals surface area contributed by atoms with Gasteiger partial charge in [0.15, 0.2) is 5.03 Å². The molecule has 2 fully saturated rings. The molecule has 9 heteroatoms. The van der Waals surface area contributed by atoms with E-state index in [4.69, 9.17) is 4.74 Å². The van der Waals surface area contributed by atoms with Gasteiger partial charge in [0, 0.05) is 50.9 Å². The Labute approximate surface area is 146 Å². The Bertz CT molecular complexity index is 838. The van der Waals surface area contributed by atoms with Crippen LogP contribution in [0.2, 0.25) is 0 Å². The molecule has 0 aromatic carbocycles. The van der Waals surface area contributed by atoms with Crippen molar-refractivity contribution in [2.24, 2.45) is 18.9 Å². The van der Waals surface area contributed by atoms with Crippen LogP contribution in [0.1, 0.15) is 0 Å². The summed E-state index contributed by atoms with van der Waals surface area (Å²) in [6.45, 7) is 2.23. The minimum Gasteiger partial charge on any atom is -0.376 e. The van der Waals surface area contributed by atoms with Crippen molar-refractivity contribution in [1.82, 2.24) is 18.8 Å². The third kappa shape index (κ3) is 3.14. The van der Waals surface area contributed by atoms with Crippen LogP contribution in [0.15, 0.2) is 41.9 Å². The standard InChI is InChI=1S/C16H21N5O3S/c1-20-9-16(19-11-20)25(22,23)21-7-13-12(10-24-14(13)8-21)6-18-15-4-2-3-5-17-15/h2-5,9,11-14H,6-8,10H2,1H3,(H,17,18)/t12-,13-,14-/m0/s1. The van der Waals surface area contributed by atoms with Crippen LogP contribution >= 0.6 is 0 Å². The van der Waals surface area contributed by atoms with Gasteiger partial charge in [-0.05, 0) is 12.1 Å². The molecule has 1 N–H and O–H groups in total. The maximum Gasteiger partial charge on any atom is 0.262 e. The van der Waals surface area contributed by atoms with Crippen LogP contribution in [-0.2, 0) is 21.8 Å². The smallest absolute Gasteiger partial charge is 0.262 e. The van der Waals surface area contributed by atoms with Crippen molar-refractivity contribution in [2.45, 2.75) is 11.1 Å². The number of hydrogen-bond donors (Lipinski definition) is 1. The first-order valence-corrected chi connectivity index (χ1v) is 9.72. The number of nitrogens with zero attached hydrogens (tertiary/aromatic N) is 4. The van der Waals surface area contributed by atoms with Gasteiger partial charge in [-0.2, -0.15) is 4.31 Å². The number of aromatic nitrogens is 3. The third-order valence-electron chi connectivity index (χ3n) is 4.90. The zero-order valence-corrected chi connectivity index (χ0v) is 14.8. The van der Waals surface area contributed by atoms with E-state index in [-0.39, 0.29) is 23.0 Å². The Morgan fingerprint density at radius 2 is 2.20 bits per heavy atom. The van der Waals surface area contributed by atoms with E-state index in [1.54, 1.807) is 17.8 Å². The fraction of sp³-hybridized carbons (Fsp3) is 0.500. The highest BCUT2D eigenvalue weighted by Crippen LogP contribution is 2.36. The zero-order valence-electron chi connectivity index (χ0n) is 13.9. The Kier molecular flexibility index (Phi) is 4.22. The molecule has 2 saturated heterocycles. The third-order valence-corrected chi connectivity index (χ3v) is 6.62. The molecule has 0 bridgehead atoms. The number of ether oxygens (including phenoxy) is 1. The van der Waals surface area contributed by atoms with Crippen LogP contribution in [0.3, 0.4) is 0 Å². The first kappa shape index (κ1) is 16.5. The van der Waals surface area contributed by atoms with Gasteiger partial charge in [-0.3, -0.25) is 0 Å². The minimum absolute atomic E-state index is 0.0472. The van der Waals surface area contributed by atoms with E-state index in [0.29, 0.717) is 19.7 Å². The average molecular weight is 363 g/mol. The summed E-state index contributed by atoms with van der Waals surface area (Å²) in [6, 6.07) is 5.72. The molecule has 0 saturated carbocycles. The lowest BCUT2D eigenvalue weighted by atomic mass is 9.93. The van der Waals surface area contributed by atoms with Crippen LogP contribution in [0, 0.1) is 11.8 Å². The second-order valence-corrected chi connectivity index (χ2v) is 8.48. The Balaban J connectivity index is 1.42. The molecule has 4 rings (SSSR count). The van der Waals surface area contributed by atoms with Crippen LogP contribution in [0.5, 0.6) is 0 Å². The number of sulfonamides is 1. The molecule has 8 nitrogen and oxygen atoms in total. The largest absolute Gasteiger partial charge is 0.376 e. The van der Waals surface area contributed by atoms with Crippen molar-refractivity contribution in [3.05, 3.63) is 36.9 Å².